The first-order valence-corrected chi connectivity index (χ1v) is 6.89. The van der Waals surface area contributed by atoms with Crippen LogP contribution in [0.1, 0.15) is 24.8 Å². The van der Waals surface area contributed by atoms with Crippen LogP contribution in [0.3, 0.4) is 0 Å². The second-order valence-electron chi connectivity index (χ2n) is 4.53. The maximum atomic E-state index is 9.22. The summed E-state index contributed by atoms with van der Waals surface area (Å²) in [4.78, 5) is 2.53. The molecule has 0 unspecified atom stereocenters. The molecule has 0 atom stereocenters. The van der Waals surface area contributed by atoms with Gasteiger partial charge in [-0.2, -0.15) is 0 Å². The lowest BCUT2D eigenvalue weighted by atomic mass is 9.90. The monoisotopic (exact) mass is 284 g/mol. The van der Waals surface area contributed by atoms with Gasteiger partial charge in [0.1, 0.15) is 4.99 Å². The third kappa shape index (κ3) is 2.76. The number of nitrogens with two attached hydrogens (primary N) is 1. The number of aliphatic hydroxyl groups is 1. The van der Waals surface area contributed by atoms with Crippen molar-refractivity contribution in [1.29, 1.82) is 0 Å². The van der Waals surface area contributed by atoms with Crippen molar-refractivity contribution in [3.63, 3.8) is 0 Å². The fourth-order valence-electron chi connectivity index (χ4n) is 2.26. The highest BCUT2D eigenvalue weighted by molar-refractivity contribution is 7.80. The van der Waals surface area contributed by atoms with Crippen LogP contribution in [0, 0.1) is 0 Å². The van der Waals surface area contributed by atoms with Crippen molar-refractivity contribution in [2.45, 2.75) is 25.3 Å². The first-order chi connectivity index (χ1) is 8.63. The van der Waals surface area contributed by atoms with Crippen LogP contribution in [-0.4, -0.2) is 29.3 Å². The zero-order valence-corrected chi connectivity index (χ0v) is 11.7. The van der Waals surface area contributed by atoms with Crippen LogP contribution in [0.2, 0.25) is 5.02 Å². The Morgan fingerprint density at radius 3 is 2.72 bits per heavy atom. The Kier molecular flexibility index (Phi) is 4.43. The topological polar surface area (TPSA) is 49.5 Å². The molecule has 2 rings (SSSR count). The maximum absolute atomic E-state index is 9.22. The summed E-state index contributed by atoms with van der Waals surface area (Å²) in [5, 5.41) is 9.84. The number of halogens is 1. The van der Waals surface area contributed by atoms with Crippen molar-refractivity contribution in [1.82, 2.24) is 0 Å². The summed E-state index contributed by atoms with van der Waals surface area (Å²) in [5.74, 6) is 0. The molecular weight excluding hydrogens is 268 g/mol. The minimum atomic E-state index is 0.121. The number of nitrogens with zero attached hydrogens (tertiary/aromatic N) is 1. The zero-order valence-electron chi connectivity index (χ0n) is 10.1. The van der Waals surface area contributed by atoms with Crippen LogP contribution in [0.25, 0.3) is 0 Å². The summed E-state index contributed by atoms with van der Waals surface area (Å²) >= 11 is 11.1. The van der Waals surface area contributed by atoms with Gasteiger partial charge in [0.2, 0.25) is 0 Å². The molecule has 1 aromatic rings. The van der Waals surface area contributed by atoms with Crippen molar-refractivity contribution in [2.75, 3.05) is 18.1 Å². The molecule has 0 amide bonds. The van der Waals surface area contributed by atoms with E-state index in [1.807, 2.05) is 12.1 Å². The molecular formula is C13H17ClN2OS. The second kappa shape index (κ2) is 5.87. The molecule has 0 saturated heterocycles. The zero-order chi connectivity index (χ0) is 13.1. The number of thiocarbonyl (C=S) groups is 1. The molecule has 3 N–H and O–H groups in total. The number of hydrogen-bond donors (Lipinski definition) is 2. The average Bonchev–Trinajstić information content (AvgIpc) is 2.26. The lowest BCUT2D eigenvalue weighted by Crippen LogP contribution is -2.42. The minimum absolute atomic E-state index is 0.121. The fraction of sp³-hybridized carbons (Fsp3) is 0.462. The van der Waals surface area contributed by atoms with E-state index in [0.29, 0.717) is 22.6 Å². The average molecular weight is 285 g/mol. The number of anilines is 1. The van der Waals surface area contributed by atoms with Gasteiger partial charge >= 0.3 is 0 Å². The molecule has 0 radical (unpaired) electrons. The largest absolute Gasteiger partial charge is 0.395 e. The maximum Gasteiger partial charge on any atom is 0.106 e. The molecule has 0 aliphatic heterocycles. The van der Waals surface area contributed by atoms with E-state index in [9.17, 15) is 5.11 Å². The third-order valence-corrected chi connectivity index (χ3v) is 3.84. The predicted molar refractivity (Wildman–Crippen MR) is 79.4 cm³/mol. The van der Waals surface area contributed by atoms with E-state index in [4.69, 9.17) is 29.6 Å². The first kappa shape index (κ1) is 13.6. The van der Waals surface area contributed by atoms with E-state index < -0.39 is 0 Å². The molecule has 0 heterocycles. The Hall–Kier alpha value is -0.840. The summed E-state index contributed by atoms with van der Waals surface area (Å²) in [6.45, 7) is 0.720. The predicted octanol–water partition coefficient (Wildman–Crippen LogP) is 2.33. The van der Waals surface area contributed by atoms with Gasteiger partial charge in [0.15, 0.2) is 0 Å². The summed E-state index contributed by atoms with van der Waals surface area (Å²) in [6, 6.07) is 6.04. The molecule has 0 aromatic heterocycles. The van der Waals surface area contributed by atoms with E-state index in [1.54, 1.807) is 6.07 Å². The summed E-state index contributed by atoms with van der Waals surface area (Å²) in [6.07, 6.45) is 3.54. The summed E-state index contributed by atoms with van der Waals surface area (Å²) in [5.41, 5.74) is 7.53. The molecule has 1 aliphatic carbocycles. The molecule has 18 heavy (non-hydrogen) atoms. The minimum Gasteiger partial charge on any atom is -0.395 e. The van der Waals surface area contributed by atoms with Crippen LogP contribution in [0.5, 0.6) is 0 Å². The number of aliphatic hydroxyl groups excluding tert-OH is 1. The number of rotatable bonds is 5. The van der Waals surface area contributed by atoms with Crippen molar-refractivity contribution < 1.29 is 5.11 Å². The highest BCUT2D eigenvalue weighted by atomic mass is 35.5. The molecule has 0 spiro atoms. The van der Waals surface area contributed by atoms with Crippen LogP contribution >= 0.6 is 23.8 Å². The molecule has 5 heteroatoms. The quantitative estimate of drug-likeness (QED) is 0.815. The van der Waals surface area contributed by atoms with Gasteiger partial charge < -0.3 is 15.7 Å². The van der Waals surface area contributed by atoms with Gasteiger partial charge in [-0.1, -0.05) is 23.8 Å². The van der Waals surface area contributed by atoms with Gasteiger partial charge in [-0.15, -0.1) is 0 Å². The lowest BCUT2D eigenvalue weighted by Gasteiger charge is -2.39. The van der Waals surface area contributed by atoms with E-state index in [2.05, 4.69) is 4.90 Å². The molecule has 1 aliphatic rings. The van der Waals surface area contributed by atoms with E-state index in [-0.39, 0.29) is 6.61 Å². The molecule has 1 aromatic carbocycles. The molecule has 0 bridgehead atoms. The van der Waals surface area contributed by atoms with Gasteiger partial charge in [-0.05, 0) is 37.5 Å². The van der Waals surface area contributed by atoms with Crippen LogP contribution < -0.4 is 10.6 Å². The molecule has 3 nitrogen and oxygen atoms in total. The Balaban J connectivity index is 2.36. The van der Waals surface area contributed by atoms with Gasteiger partial charge in [0, 0.05) is 28.9 Å². The Labute approximate surface area is 118 Å². The van der Waals surface area contributed by atoms with Crippen molar-refractivity contribution >= 4 is 34.5 Å². The van der Waals surface area contributed by atoms with Crippen LogP contribution in [0.15, 0.2) is 18.2 Å². The highest BCUT2D eigenvalue weighted by Crippen LogP contribution is 2.32. The van der Waals surface area contributed by atoms with Crippen molar-refractivity contribution in [3.8, 4) is 0 Å². The van der Waals surface area contributed by atoms with E-state index >= 15 is 0 Å². The third-order valence-electron chi connectivity index (χ3n) is 3.39. The van der Waals surface area contributed by atoms with Crippen molar-refractivity contribution in [2.24, 2.45) is 5.73 Å². The standard InChI is InChI=1S/C13H17ClN2OS/c14-9-4-5-12(11(8-9)13(15)18)16(6-7-17)10-2-1-3-10/h4-5,8,10,17H,1-3,6-7H2,(H2,15,18). The van der Waals surface area contributed by atoms with Crippen LogP contribution in [0.4, 0.5) is 5.69 Å². The summed E-state index contributed by atoms with van der Waals surface area (Å²) in [7, 11) is 0. The highest BCUT2D eigenvalue weighted by Gasteiger charge is 2.26. The number of benzene rings is 1. The Bertz CT molecular complexity index is 449. The summed E-state index contributed by atoms with van der Waals surface area (Å²) < 4.78 is 0. The van der Waals surface area contributed by atoms with Gasteiger partial charge in [0.25, 0.3) is 0 Å². The van der Waals surface area contributed by atoms with Gasteiger partial charge in [-0.3, -0.25) is 0 Å². The van der Waals surface area contributed by atoms with E-state index in [0.717, 1.165) is 24.1 Å². The second-order valence-corrected chi connectivity index (χ2v) is 5.40. The molecule has 1 saturated carbocycles. The normalized spacial score (nSPS) is 15.2. The molecule has 1 fully saturated rings. The van der Waals surface area contributed by atoms with Crippen molar-refractivity contribution in [3.05, 3.63) is 28.8 Å². The Morgan fingerprint density at radius 2 is 2.22 bits per heavy atom. The SMILES string of the molecule is NC(=S)c1cc(Cl)ccc1N(CCO)C1CCC1. The van der Waals surface area contributed by atoms with E-state index in [1.165, 1.54) is 6.42 Å². The van der Waals surface area contributed by atoms with Crippen LogP contribution in [-0.2, 0) is 0 Å². The first-order valence-electron chi connectivity index (χ1n) is 6.10. The molecule has 98 valence electrons. The lowest BCUT2D eigenvalue weighted by molar-refractivity contribution is 0.283. The Morgan fingerprint density at radius 1 is 1.50 bits per heavy atom. The smallest absolute Gasteiger partial charge is 0.106 e. The fourth-order valence-corrected chi connectivity index (χ4v) is 2.60. The van der Waals surface area contributed by atoms with Gasteiger partial charge in [-0.25, -0.2) is 0 Å². The number of hydrogen-bond acceptors (Lipinski definition) is 3. The van der Waals surface area contributed by atoms with Gasteiger partial charge in [0.05, 0.1) is 6.61 Å².